The van der Waals surface area contributed by atoms with Gasteiger partial charge < -0.3 is 0 Å². The summed E-state index contributed by atoms with van der Waals surface area (Å²) in [6.07, 6.45) is 2.24. The lowest BCUT2D eigenvalue weighted by Gasteiger charge is -2.33. The fourth-order valence-corrected chi connectivity index (χ4v) is 3.74. The monoisotopic (exact) mass is 240 g/mol. The van der Waals surface area contributed by atoms with E-state index in [1.807, 2.05) is 23.9 Å². The van der Waals surface area contributed by atoms with Gasteiger partial charge in [0.05, 0.1) is 6.04 Å². The molecule has 0 amide bonds. The van der Waals surface area contributed by atoms with E-state index < -0.39 is 0 Å². The van der Waals surface area contributed by atoms with Crippen molar-refractivity contribution in [2.45, 2.75) is 30.6 Å². The lowest BCUT2D eigenvalue weighted by molar-refractivity contribution is 0.406. The van der Waals surface area contributed by atoms with E-state index in [0.717, 1.165) is 12.2 Å². The third-order valence-electron chi connectivity index (χ3n) is 3.24. The van der Waals surface area contributed by atoms with Crippen molar-refractivity contribution >= 4 is 11.8 Å². The second-order valence-corrected chi connectivity index (χ2v) is 6.02. The van der Waals surface area contributed by atoms with Crippen molar-refractivity contribution in [2.24, 2.45) is 5.84 Å². The first-order chi connectivity index (χ1) is 7.67. The van der Waals surface area contributed by atoms with Crippen LogP contribution in [0.4, 0.5) is 4.39 Å². The van der Waals surface area contributed by atoms with Gasteiger partial charge in [-0.1, -0.05) is 18.2 Å². The van der Waals surface area contributed by atoms with Crippen LogP contribution >= 0.6 is 11.8 Å². The molecular weight excluding hydrogens is 223 g/mol. The van der Waals surface area contributed by atoms with Gasteiger partial charge in [0.1, 0.15) is 5.82 Å². The number of hydrogen-bond acceptors (Lipinski definition) is 3. The summed E-state index contributed by atoms with van der Waals surface area (Å²) in [6, 6.07) is 6.73. The minimum Gasteiger partial charge on any atom is -0.271 e. The van der Waals surface area contributed by atoms with E-state index in [0.29, 0.717) is 5.56 Å². The van der Waals surface area contributed by atoms with Crippen molar-refractivity contribution in [3.05, 3.63) is 35.6 Å². The normalized spacial score (nSPS) is 26.9. The summed E-state index contributed by atoms with van der Waals surface area (Å²) in [5, 5.41) is 0. The van der Waals surface area contributed by atoms with E-state index in [1.165, 1.54) is 12.5 Å². The zero-order valence-electron chi connectivity index (χ0n) is 9.37. The summed E-state index contributed by atoms with van der Waals surface area (Å²) < 4.78 is 13.7. The Labute approximate surface area is 99.8 Å². The van der Waals surface area contributed by atoms with Gasteiger partial charge in [-0.3, -0.25) is 11.3 Å². The maximum atomic E-state index is 13.7. The molecule has 0 aromatic heterocycles. The zero-order chi connectivity index (χ0) is 11.6. The molecule has 16 heavy (non-hydrogen) atoms. The molecule has 1 saturated heterocycles. The van der Waals surface area contributed by atoms with Crippen molar-refractivity contribution in [2.75, 3.05) is 5.75 Å². The highest BCUT2D eigenvalue weighted by atomic mass is 32.2. The van der Waals surface area contributed by atoms with E-state index >= 15 is 0 Å². The number of nitrogens with one attached hydrogen (secondary N) is 1. The molecule has 1 aliphatic heterocycles. The fraction of sp³-hybridized carbons (Fsp3) is 0.500. The van der Waals surface area contributed by atoms with Crippen LogP contribution in [0, 0.1) is 5.82 Å². The van der Waals surface area contributed by atoms with E-state index in [1.54, 1.807) is 6.07 Å². The van der Waals surface area contributed by atoms with Crippen LogP contribution in [-0.4, -0.2) is 10.5 Å². The number of rotatable bonds is 3. The molecule has 0 radical (unpaired) electrons. The van der Waals surface area contributed by atoms with Crippen molar-refractivity contribution in [1.82, 2.24) is 5.43 Å². The fourth-order valence-electron chi connectivity index (χ4n) is 2.33. The molecule has 1 aromatic carbocycles. The Morgan fingerprint density at radius 3 is 2.81 bits per heavy atom. The highest BCUT2D eigenvalue weighted by Crippen LogP contribution is 2.46. The highest BCUT2D eigenvalue weighted by molar-refractivity contribution is 8.00. The topological polar surface area (TPSA) is 38.0 Å². The Bertz CT molecular complexity index is 364. The smallest absolute Gasteiger partial charge is 0.128 e. The zero-order valence-corrected chi connectivity index (χ0v) is 10.2. The molecular formula is C12H17FN2S. The van der Waals surface area contributed by atoms with Gasteiger partial charge in [-0.05, 0) is 31.6 Å². The molecule has 0 spiro atoms. The van der Waals surface area contributed by atoms with Crippen LogP contribution in [0.5, 0.6) is 0 Å². The Kier molecular flexibility index (Phi) is 3.52. The van der Waals surface area contributed by atoms with Crippen LogP contribution in [0.2, 0.25) is 0 Å². The summed E-state index contributed by atoms with van der Waals surface area (Å²) in [4.78, 5) is 0. The predicted octanol–water partition coefficient (Wildman–Crippen LogP) is 2.62. The maximum Gasteiger partial charge on any atom is 0.128 e. The van der Waals surface area contributed by atoms with Crippen molar-refractivity contribution in [3.8, 4) is 0 Å². The molecule has 0 bridgehead atoms. The lowest BCUT2D eigenvalue weighted by atomic mass is 9.90. The van der Waals surface area contributed by atoms with Gasteiger partial charge >= 0.3 is 0 Å². The predicted molar refractivity (Wildman–Crippen MR) is 66.6 cm³/mol. The molecule has 3 N–H and O–H groups in total. The van der Waals surface area contributed by atoms with Gasteiger partial charge in [0.15, 0.2) is 0 Å². The molecule has 1 heterocycles. The Balaban J connectivity index is 2.32. The first kappa shape index (κ1) is 11.9. The van der Waals surface area contributed by atoms with Crippen LogP contribution in [-0.2, 0) is 0 Å². The SMILES string of the molecule is CC1(C(NN)c2ccccc2F)CCCS1. The van der Waals surface area contributed by atoms with E-state index in [-0.39, 0.29) is 16.6 Å². The number of halogens is 1. The quantitative estimate of drug-likeness (QED) is 0.630. The number of benzene rings is 1. The van der Waals surface area contributed by atoms with Crippen LogP contribution in [0.25, 0.3) is 0 Å². The minimum absolute atomic E-state index is 0.00303. The Morgan fingerprint density at radius 1 is 1.50 bits per heavy atom. The van der Waals surface area contributed by atoms with Gasteiger partial charge in [-0.25, -0.2) is 4.39 Å². The second-order valence-electron chi connectivity index (χ2n) is 4.39. The van der Waals surface area contributed by atoms with Gasteiger partial charge in [-0.15, -0.1) is 0 Å². The number of thioether (sulfide) groups is 1. The molecule has 2 rings (SSSR count). The highest BCUT2D eigenvalue weighted by Gasteiger charge is 2.39. The summed E-state index contributed by atoms with van der Waals surface area (Å²) in [6.45, 7) is 2.15. The Hall–Kier alpha value is -0.580. The summed E-state index contributed by atoms with van der Waals surface area (Å²) in [5.74, 6) is 6.56. The average Bonchev–Trinajstić information content (AvgIpc) is 2.70. The molecule has 0 saturated carbocycles. The molecule has 1 aromatic rings. The van der Waals surface area contributed by atoms with Crippen LogP contribution < -0.4 is 11.3 Å². The largest absolute Gasteiger partial charge is 0.271 e. The second kappa shape index (κ2) is 4.73. The van der Waals surface area contributed by atoms with E-state index in [2.05, 4.69) is 12.3 Å². The van der Waals surface area contributed by atoms with Crippen LogP contribution in [0.3, 0.4) is 0 Å². The van der Waals surface area contributed by atoms with Crippen LogP contribution in [0.1, 0.15) is 31.4 Å². The summed E-state index contributed by atoms with van der Waals surface area (Å²) in [5.41, 5.74) is 3.45. The Morgan fingerprint density at radius 2 is 2.25 bits per heavy atom. The molecule has 88 valence electrons. The van der Waals surface area contributed by atoms with Gasteiger partial charge in [0.2, 0.25) is 0 Å². The summed E-state index contributed by atoms with van der Waals surface area (Å²) >= 11 is 1.87. The molecule has 1 aliphatic rings. The molecule has 2 unspecified atom stereocenters. The number of hydrogen-bond donors (Lipinski definition) is 2. The number of hydrazine groups is 1. The van der Waals surface area contributed by atoms with Gasteiger partial charge in [0.25, 0.3) is 0 Å². The molecule has 1 fully saturated rings. The lowest BCUT2D eigenvalue weighted by Crippen LogP contribution is -2.41. The first-order valence-corrected chi connectivity index (χ1v) is 6.50. The van der Waals surface area contributed by atoms with Crippen molar-refractivity contribution in [3.63, 3.8) is 0 Å². The molecule has 2 nitrogen and oxygen atoms in total. The molecule has 2 atom stereocenters. The van der Waals surface area contributed by atoms with Crippen molar-refractivity contribution < 1.29 is 4.39 Å². The van der Waals surface area contributed by atoms with Crippen molar-refractivity contribution in [1.29, 1.82) is 0 Å². The molecule has 0 aliphatic carbocycles. The van der Waals surface area contributed by atoms with Gasteiger partial charge in [-0.2, -0.15) is 11.8 Å². The third kappa shape index (κ3) is 2.10. The molecule has 4 heteroatoms. The van der Waals surface area contributed by atoms with E-state index in [4.69, 9.17) is 5.84 Å². The standard InChI is InChI=1S/C12H17FN2S/c1-12(7-4-8-16-12)11(15-14)9-5-2-3-6-10(9)13/h2-3,5-6,11,15H,4,7-8,14H2,1H3. The first-order valence-electron chi connectivity index (χ1n) is 5.52. The van der Waals surface area contributed by atoms with Crippen LogP contribution in [0.15, 0.2) is 24.3 Å². The minimum atomic E-state index is -0.181. The average molecular weight is 240 g/mol. The third-order valence-corrected chi connectivity index (χ3v) is 4.83. The number of nitrogens with two attached hydrogens (primary N) is 1. The van der Waals surface area contributed by atoms with E-state index in [9.17, 15) is 4.39 Å². The van der Waals surface area contributed by atoms with Gasteiger partial charge in [0, 0.05) is 10.3 Å². The maximum absolute atomic E-state index is 13.7. The summed E-state index contributed by atoms with van der Waals surface area (Å²) in [7, 11) is 0.